The molecule has 3 aromatic rings. The van der Waals surface area contributed by atoms with E-state index >= 15 is 0 Å². The zero-order valence-electron chi connectivity index (χ0n) is 15.4. The van der Waals surface area contributed by atoms with Gasteiger partial charge in [0, 0.05) is 18.2 Å². The average molecular weight is 396 g/mol. The second kappa shape index (κ2) is 7.00. The summed E-state index contributed by atoms with van der Waals surface area (Å²) in [4.78, 5) is 10.5. The van der Waals surface area contributed by atoms with E-state index in [1.165, 1.54) is 28.6 Å². The lowest BCUT2D eigenvalue weighted by atomic mass is 9.99. The van der Waals surface area contributed by atoms with E-state index in [4.69, 9.17) is 0 Å². The topological polar surface area (TPSA) is 80.5 Å². The highest BCUT2D eigenvalue weighted by molar-refractivity contribution is 7.89. The molecule has 7 heteroatoms. The molecule has 1 fully saturated rings. The van der Waals surface area contributed by atoms with E-state index in [-0.39, 0.29) is 10.9 Å². The number of nitrogens with zero attached hydrogens (tertiary/aromatic N) is 2. The van der Waals surface area contributed by atoms with Crippen LogP contribution in [0.4, 0.5) is 5.69 Å². The van der Waals surface area contributed by atoms with Gasteiger partial charge in [-0.2, -0.15) is 4.31 Å². The zero-order chi connectivity index (χ0) is 19.9. The maximum absolute atomic E-state index is 13.5. The van der Waals surface area contributed by atoms with Crippen molar-refractivity contribution in [1.29, 1.82) is 0 Å². The summed E-state index contributed by atoms with van der Waals surface area (Å²) in [5.41, 5.74) is 0.505. The second-order valence-electron chi connectivity index (χ2n) is 7.04. The van der Waals surface area contributed by atoms with Crippen LogP contribution in [-0.2, 0) is 10.0 Å². The van der Waals surface area contributed by atoms with Gasteiger partial charge < -0.3 is 0 Å². The van der Waals surface area contributed by atoms with Gasteiger partial charge in [0.15, 0.2) is 4.90 Å². The predicted octanol–water partition coefficient (Wildman–Crippen LogP) is 4.66. The predicted molar refractivity (Wildman–Crippen MR) is 108 cm³/mol. The van der Waals surface area contributed by atoms with E-state index in [0.717, 1.165) is 29.2 Å². The van der Waals surface area contributed by atoms with Crippen LogP contribution in [0.2, 0.25) is 0 Å². The molecule has 28 heavy (non-hydrogen) atoms. The summed E-state index contributed by atoms with van der Waals surface area (Å²) in [5.74, 6) is 0. The maximum Gasteiger partial charge on any atom is 0.289 e. The van der Waals surface area contributed by atoms with Crippen molar-refractivity contribution in [3.8, 4) is 0 Å². The molecule has 0 saturated heterocycles. The SMILES string of the molecule is CC(c1cccc2ccccc12)N(C1CC1)S(=O)(=O)c1ccccc1[N+](=O)[O-]. The van der Waals surface area contributed by atoms with Crippen molar-refractivity contribution in [3.63, 3.8) is 0 Å². The van der Waals surface area contributed by atoms with Crippen molar-refractivity contribution < 1.29 is 13.3 Å². The fourth-order valence-electron chi connectivity index (χ4n) is 3.74. The smallest absolute Gasteiger partial charge is 0.258 e. The van der Waals surface area contributed by atoms with Gasteiger partial charge in [-0.1, -0.05) is 54.6 Å². The number of nitro benzene ring substituents is 1. The largest absolute Gasteiger partial charge is 0.289 e. The van der Waals surface area contributed by atoms with Gasteiger partial charge in [-0.25, -0.2) is 8.42 Å². The van der Waals surface area contributed by atoms with Gasteiger partial charge in [-0.05, 0) is 42.2 Å². The van der Waals surface area contributed by atoms with Gasteiger partial charge in [0.25, 0.3) is 15.7 Å². The summed E-state index contributed by atoms with van der Waals surface area (Å²) in [6.45, 7) is 1.85. The summed E-state index contributed by atoms with van der Waals surface area (Å²) >= 11 is 0. The third kappa shape index (κ3) is 3.16. The molecule has 6 nitrogen and oxygen atoms in total. The first-order valence-corrected chi connectivity index (χ1v) is 10.6. The van der Waals surface area contributed by atoms with E-state index in [9.17, 15) is 18.5 Å². The molecule has 0 spiro atoms. The number of benzene rings is 3. The van der Waals surface area contributed by atoms with Crippen LogP contribution in [0.25, 0.3) is 10.8 Å². The van der Waals surface area contributed by atoms with Gasteiger partial charge in [-0.15, -0.1) is 0 Å². The molecule has 3 aromatic carbocycles. The lowest BCUT2D eigenvalue weighted by molar-refractivity contribution is -0.387. The van der Waals surface area contributed by atoms with Crippen molar-refractivity contribution in [1.82, 2.24) is 4.31 Å². The Morgan fingerprint density at radius 3 is 2.36 bits per heavy atom. The van der Waals surface area contributed by atoms with E-state index in [0.29, 0.717) is 0 Å². The molecule has 1 saturated carbocycles. The molecule has 144 valence electrons. The normalized spacial score (nSPS) is 15.6. The van der Waals surface area contributed by atoms with Crippen molar-refractivity contribution >= 4 is 26.5 Å². The fourth-order valence-corrected chi connectivity index (χ4v) is 5.76. The number of hydrogen-bond donors (Lipinski definition) is 0. The van der Waals surface area contributed by atoms with Crippen LogP contribution >= 0.6 is 0 Å². The highest BCUT2D eigenvalue weighted by Gasteiger charge is 2.44. The molecule has 0 aliphatic heterocycles. The third-order valence-corrected chi connectivity index (χ3v) is 7.25. The van der Waals surface area contributed by atoms with E-state index in [1.807, 2.05) is 49.4 Å². The Kier molecular flexibility index (Phi) is 4.64. The molecule has 0 bridgehead atoms. The summed E-state index contributed by atoms with van der Waals surface area (Å²) in [7, 11) is -4.04. The van der Waals surface area contributed by atoms with Crippen LogP contribution in [-0.4, -0.2) is 23.7 Å². The van der Waals surface area contributed by atoms with E-state index in [2.05, 4.69) is 0 Å². The molecular weight excluding hydrogens is 376 g/mol. The minimum Gasteiger partial charge on any atom is -0.258 e. The number of rotatable bonds is 6. The first kappa shape index (κ1) is 18.6. The van der Waals surface area contributed by atoms with Crippen molar-refractivity contribution in [2.75, 3.05) is 0 Å². The standard InChI is InChI=1S/C21H20N2O4S/c1-15(18-10-6-8-16-7-2-3-9-19(16)18)22(17-13-14-17)28(26,27)21-12-5-4-11-20(21)23(24)25/h2-12,15,17H,13-14H2,1H3. The second-order valence-corrected chi connectivity index (χ2v) is 8.85. The molecule has 0 radical (unpaired) electrons. The van der Waals surface area contributed by atoms with E-state index in [1.54, 1.807) is 0 Å². The van der Waals surface area contributed by atoms with Gasteiger partial charge in [-0.3, -0.25) is 10.1 Å². The molecule has 4 rings (SSSR count). The van der Waals surface area contributed by atoms with Crippen LogP contribution in [0.1, 0.15) is 31.4 Å². The summed E-state index contributed by atoms with van der Waals surface area (Å²) < 4.78 is 28.5. The summed E-state index contributed by atoms with van der Waals surface area (Å²) in [5, 5.41) is 13.4. The van der Waals surface area contributed by atoms with Crippen LogP contribution in [0.3, 0.4) is 0 Å². The Morgan fingerprint density at radius 2 is 1.64 bits per heavy atom. The van der Waals surface area contributed by atoms with Gasteiger partial charge >= 0.3 is 0 Å². The monoisotopic (exact) mass is 396 g/mol. The summed E-state index contributed by atoms with van der Waals surface area (Å²) in [6.07, 6.45) is 1.52. The Labute approximate surface area is 163 Å². The number of hydrogen-bond acceptors (Lipinski definition) is 4. The van der Waals surface area contributed by atoms with Crippen molar-refractivity contribution in [2.45, 2.75) is 36.7 Å². The molecule has 0 N–H and O–H groups in total. The molecule has 0 heterocycles. The minimum atomic E-state index is -4.04. The van der Waals surface area contributed by atoms with E-state index < -0.39 is 26.7 Å². The maximum atomic E-state index is 13.5. The molecule has 1 aliphatic rings. The number of para-hydroxylation sites is 1. The fraction of sp³-hybridized carbons (Fsp3) is 0.238. The van der Waals surface area contributed by atoms with Crippen molar-refractivity contribution in [2.24, 2.45) is 0 Å². The highest BCUT2D eigenvalue weighted by Crippen LogP contribution is 2.42. The lowest BCUT2D eigenvalue weighted by Gasteiger charge is -2.29. The number of fused-ring (bicyclic) bond motifs is 1. The van der Waals surface area contributed by atoms with Crippen LogP contribution in [0.5, 0.6) is 0 Å². The Hall–Kier alpha value is -2.77. The van der Waals surface area contributed by atoms with Crippen LogP contribution in [0.15, 0.2) is 71.6 Å². The van der Waals surface area contributed by atoms with Crippen molar-refractivity contribution in [3.05, 3.63) is 82.4 Å². The molecule has 1 unspecified atom stereocenters. The first-order chi connectivity index (χ1) is 13.4. The molecular formula is C21H20N2O4S. The van der Waals surface area contributed by atoms with Crippen LogP contribution < -0.4 is 0 Å². The average Bonchev–Trinajstić information content (AvgIpc) is 3.52. The minimum absolute atomic E-state index is 0.140. The first-order valence-electron chi connectivity index (χ1n) is 9.16. The molecule has 0 amide bonds. The molecule has 0 aromatic heterocycles. The zero-order valence-corrected chi connectivity index (χ0v) is 16.2. The lowest BCUT2D eigenvalue weighted by Crippen LogP contribution is -2.36. The van der Waals surface area contributed by atoms with Crippen LogP contribution in [0, 0.1) is 10.1 Å². The Bertz CT molecular complexity index is 1150. The molecule has 1 atom stereocenters. The van der Waals surface area contributed by atoms with Gasteiger partial charge in [0.1, 0.15) is 0 Å². The quantitative estimate of drug-likeness (QED) is 0.448. The van der Waals surface area contributed by atoms with Gasteiger partial charge in [0.05, 0.1) is 4.92 Å². The summed E-state index contributed by atoms with van der Waals surface area (Å²) in [6, 6.07) is 18.6. The Morgan fingerprint density at radius 1 is 1.00 bits per heavy atom. The highest BCUT2D eigenvalue weighted by atomic mass is 32.2. The molecule has 1 aliphatic carbocycles. The number of sulfonamides is 1. The van der Waals surface area contributed by atoms with Gasteiger partial charge in [0.2, 0.25) is 0 Å². The number of nitro groups is 1. The third-order valence-electron chi connectivity index (χ3n) is 5.18. The Balaban J connectivity index is 1.85.